The molecule has 1 unspecified atom stereocenters. The number of rotatable bonds is 4. The van der Waals surface area contributed by atoms with Crippen LogP contribution in [0.5, 0.6) is 0 Å². The molecule has 0 spiro atoms. The van der Waals surface area contributed by atoms with Gasteiger partial charge in [-0.15, -0.1) is 0 Å². The summed E-state index contributed by atoms with van der Waals surface area (Å²) in [6.07, 6.45) is 5.47. The number of pyridine rings is 1. The van der Waals surface area contributed by atoms with Crippen LogP contribution in [-0.4, -0.2) is 44.5 Å². The fourth-order valence-electron chi connectivity index (χ4n) is 3.78. The Morgan fingerprint density at radius 3 is 2.93 bits per heavy atom. The first kappa shape index (κ1) is 19.4. The molecule has 0 bridgehead atoms. The summed E-state index contributed by atoms with van der Waals surface area (Å²) in [6, 6.07) is 9.91. The number of hydrogen-bond acceptors (Lipinski definition) is 6. The number of fused-ring (bicyclic) bond motifs is 1. The standard InChI is InChI=1S/C21H23ClN6O/c1-14(7-9-25-23)21(29)8-10-28(13-21)19-11-15(16(22)12-24-19)20-26-17-5-3-4-6-18(17)27(20)2/h3-7,9,11-12,29H,8,10,13,23H2,1-2H3/b14-7+,25-9-. The van der Waals surface area contributed by atoms with Gasteiger partial charge in [-0.1, -0.05) is 23.7 Å². The average molecular weight is 411 g/mol. The Morgan fingerprint density at radius 1 is 1.38 bits per heavy atom. The highest BCUT2D eigenvalue weighted by molar-refractivity contribution is 6.33. The second-order valence-electron chi connectivity index (χ2n) is 7.36. The van der Waals surface area contributed by atoms with Crippen LogP contribution in [0.4, 0.5) is 5.82 Å². The van der Waals surface area contributed by atoms with Gasteiger partial charge in [-0.3, -0.25) is 0 Å². The van der Waals surface area contributed by atoms with Crippen LogP contribution >= 0.6 is 11.6 Å². The maximum atomic E-state index is 11.0. The summed E-state index contributed by atoms with van der Waals surface area (Å²) in [5.74, 6) is 6.70. The van der Waals surface area contributed by atoms with Crippen molar-refractivity contribution in [3.63, 3.8) is 0 Å². The number of aliphatic hydroxyl groups is 1. The maximum Gasteiger partial charge on any atom is 0.142 e. The molecule has 1 saturated heterocycles. The summed E-state index contributed by atoms with van der Waals surface area (Å²) in [6.45, 7) is 2.99. The van der Waals surface area contributed by atoms with Gasteiger partial charge in [0.2, 0.25) is 0 Å². The zero-order valence-electron chi connectivity index (χ0n) is 16.4. The summed E-state index contributed by atoms with van der Waals surface area (Å²) >= 11 is 6.48. The van der Waals surface area contributed by atoms with Gasteiger partial charge in [0, 0.05) is 31.6 Å². The van der Waals surface area contributed by atoms with Gasteiger partial charge in [0.1, 0.15) is 17.2 Å². The van der Waals surface area contributed by atoms with Crippen molar-refractivity contribution in [1.82, 2.24) is 14.5 Å². The summed E-state index contributed by atoms with van der Waals surface area (Å²) in [5, 5.41) is 15.0. The summed E-state index contributed by atoms with van der Waals surface area (Å²) in [7, 11) is 1.98. The normalized spacial score (nSPS) is 20.3. The molecule has 3 aromatic rings. The molecule has 2 aromatic heterocycles. The lowest BCUT2D eigenvalue weighted by Crippen LogP contribution is -2.34. The minimum absolute atomic E-state index is 0.435. The number of β-amino-alcohol motifs (C(OH)–C–C–N with tert-alkyl or cyclic N) is 1. The largest absolute Gasteiger partial charge is 0.384 e. The van der Waals surface area contributed by atoms with Gasteiger partial charge in [-0.2, -0.15) is 5.10 Å². The van der Waals surface area contributed by atoms with E-state index in [1.54, 1.807) is 12.3 Å². The van der Waals surface area contributed by atoms with Crippen molar-refractivity contribution in [2.75, 3.05) is 18.0 Å². The van der Waals surface area contributed by atoms with Crippen molar-refractivity contribution < 1.29 is 5.11 Å². The van der Waals surface area contributed by atoms with Crippen LogP contribution in [0.3, 0.4) is 0 Å². The Kier molecular flexibility index (Phi) is 5.02. The van der Waals surface area contributed by atoms with E-state index in [0.29, 0.717) is 24.5 Å². The van der Waals surface area contributed by atoms with Crippen LogP contribution in [0.25, 0.3) is 22.4 Å². The molecular formula is C21H23ClN6O. The third-order valence-corrected chi connectivity index (χ3v) is 5.89. The number of aryl methyl sites for hydroxylation is 1. The van der Waals surface area contributed by atoms with Gasteiger partial charge in [-0.25, -0.2) is 9.97 Å². The van der Waals surface area contributed by atoms with Crippen molar-refractivity contribution in [3.05, 3.63) is 53.2 Å². The quantitative estimate of drug-likeness (QED) is 0.391. The van der Waals surface area contributed by atoms with E-state index in [2.05, 4.69) is 15.0 Å². The van der Waals surface area contributed by atoms with Crippen LogP contribution in [0.15, 0.2) is 53.3 Å². The smallest absolute Gasteiger partial charge is 0.142 e. The number of anilines is 1. The molecule has 0 radical (unpaired) electrons. The molecule has 3 N–H and O–H groups in total. The Labute approximate surface area is 174 Å². The van der Waals surface area contributed by atoms with Crippen LogP contribution in [0.1, 0.15) is 13.3 Å². The van der Waals surface area contributed by atoms with E-state index in [1.807, 2.05) is 48.9 Å². The minimum Gasteiger partial charge on any atom is -0.384 e. The van der Waals surface area contributed by atoms with E-state index in [-0.39, 0.29) is 0 Å². The number of imidazole rings is 1. The van der Waals surface area contributed by atoms with E-state index in [1.165, 1.54) is 6.21 Å². The van der Waals surface area contributed by atoms with E-state index in [4.69, 9.17) is 22.4 Å². The number of hydrogen-bond donors (Lipinski definition) is 2. The van der Waals surface area contributed by atoms with Crippen molar-refractivity contribution in [2.24, 2.45) is 18.0 Å². The predicted molar refractivity (Wildman–Crippen MR) is 117 cm³/mol. The lowest BCUT2D eigenvalue weighted by atomic mass is 9.94. The van der Waals surface area contributed by atoms with Crippen molar-refractivity contribution in [1.29, 1.82) is 0 Å². The molecule has 3 heterocycles. The average Bonchev–Trinajstić information content (AvgIpc) is 3.28. The Morgan fingerprint density at radius 2 is 2.17 bits per heavy atom. The zero-order valence-corrected chi connectivity index (χ0v) is 17.1. The highest BCUT2D eigenvalue weighted by Gasteiger charge is 2.38. The first-order chi connectivity index (χ1) is 13.9. The highest BCUT2D eigenvalue weighted by Crippen LogP contribution is 2.35. The number of allylic oxidation sites excluding steroid dienone is 1. The van der Waals surface area contributed by atoms with Gasteiger partial charge in [0.05, 0.1) is 22.6 Å². The molecule has 8 heteroatoms. The van der Waals surface area contributed by atoms with Crippen LogP contribution in [0.2, 0.25) is 5.02 Å². The number of halogens is 1. The number of para-hydroxylation sites is 2. The molecule has 4 rings (SSSR count). The molecule has 1 aliphatic heterocycles. The number of aromatic nitrogens is 3. The Hall–Kier alpha value is -2.90. The van der Waals surface area contributed by atoms with E-state index in [9.17, 15) is 5.11 Å². The summed E-state index contributed by atoms with van der Waals surface area (Å²) in [5.41, 5.74) is 2.64. The van der Waals surface area contributed by atoms with Crippen LogP contribution < -0.4 is 10.7 Å². The van der Waals surface area contributed by atoms with E-state index >= 15 is 0 Å². The van der Waals surface area contributed by atoms with Crippen LogP contribution in [0, 0.1) is 0 Å². The molecule has 1 fully saturated rings. The van der Waals surface area contributed by atoms with Gasteiger partial charge >= 0.3 is 0 Å². The fourth-order valence-corrected chi connectivity index (χ4v) is 3.97. The molecule has 7 nitrogen and oxygen atoms in total. The fraction of sp³-hybridized carbons (Fsp3) is 0.286. The molecule has 0 saturated carbocycles. The molecule has 1 atom stereocenters. The van der Waals surface area contributed by atoms with Crippen molar-refractivity contribution in [3.8, 4) is 11.4 Å². The predicted octanol–water partition coefficient (Wildman–Crippen LogP) is 3.12. The number of nitrogens with zero attached hydrogens (tertiary/aromatic N) is 5. The van der Waals surface area contributed by atoms with Gasteiger partial charge in [0.15, 0.2) is 0 Å². The second-order valence-corrected chi connectivity index (χ2v) is 7.76. The maximum absolute atomic E-state index is 11.0. The second kappa shape index (κ2) is 7.50. The molecule has 1 aliphatic rings. The number of benzene rings is 1. The molecule has 0 amide bonds. The third-order valence-electron chi connectivity index (χ3n) is 5.59. The Balaban J connectivity index is 1.68. The van der Waals surface area contributed by atoms with Gasteiger partial charge < -0.3 is 20.4 Å². The first-order valence-electron chi connectivity index (χ1n) is 9.38. The monoisotopic (exact) mass is 410 g/mol. The number of hydrazone groups is 1. The van der Waals surface area contributed by atoms with Crippen LogP contribution in [-0.2, 0) is 7.05 Å². The molecule has 0 aliphatic carbocycles. The lowest BCUT2D eigenvalue weighted by Gasteiger charge is -2.25. The Bertz CT molecular complexity index is 1120. The summed E-state index contributed by atoms with van der Waals surface area (Å²) < 4.78 is 2.03. The third kappa shape index (κ3) is 3.47. The van der Waals surface area contributed by atoms with Crippen molar-refractivity contribution in [2.45, 2.75) is 18.9 Å². The SMILES string of the molecule is C/C(=C\C=N/N)C1(O)CCN(c2cc(-c3nc4ccccc4n3C)c(Cl)cn2)C1. The molecular weight excluding hydrogens is 388 g/mol. The molecule has 150 valence electrons. The van der Waals surface area contributed by atoms with Crippen molar-refractivity contribution >= 4 is 34.7 Å². The minimum atomic E-state index is -0.944. The first-order valence-corrected chi connectivity index (χ1v) is 9.76. The van der Waals surface area contributed by atoms with Gasteiger partial charge in [-0.05, 0) is 43.2 Å². The number of nitrogens with two attached hydrogens (primary N) is 1. The van der Waals surface area contributed by atoms with E-state index < -0.39 is 5.60 Å². The van der Waals surface area contributed by atoms with E-state index in [0.717, 1.165) is 33.8 Å². The molecule has 29 heavy (non-hydrogen) atoms. The zero-order chi connectivity index (χ0) is 20.6. The summed E-state index contributed by atoms with van der Waals surface area (Å²) in [4.78, 5) is 11.3. The highest BCUT2D eigenvalue weighted by atomic mass is 35.5. The van der Waals surface area contributed by atoms with Gasteiger partial charge in [0.25, 0.3) is 0 Å². The lowest BCUT2D eigenvalue weighted by molar-refractivity contribution is 0.102. The molecule has 1 aromatic carbocycles. The topological polar surface area (TPSA) is 92.6 Å².